The van der Waals surface area contributed by atoms with Crippen molar-refractivity contribution in [3.63, 3.8) is 0 Å². The lowest BCUT2D eigenvalue weighted by Gasteiger charge is -2.30. The topological polar surface area (TPSA) is 87.7 Å². The van der Waals surface area contributed by atoms with E-state index < -0.39 is 23.7 Å². The number of hydrogen-bond donors (Lipinski definition) is 3. The Morgan fingerprint density at radius 3 is 1.73 bits per heavy atom. The molecule has 1 atom stereocenters. The lowest BCUT2D eigenvalue weighted by Crippen LogP contribution is -2.43. The van der Waals surface area contributed by atoms with Crippen LogP contribution < -0.4 is 10.6 Å². The number of carboxylic acids is 1. The fourth-order valence-electron chi connectivity index (χ4n) is 4.08. The minimum absolute atomic E-state index is 0.400. The predicted molar refractivity (Wildman–Crippen MR) is 122 cm³/mol. The van der Waals surface area contributed by atoms with Gasteiger partial charge in [-0.15, -0.1) is 0 Å². The Bertz CT molecular complexity index is 474. The Labute approximate surface area is 183 Å². The van der Waals surface area contributed by atoms with E-state index in [1.807, 2.05) is 13.8 Å². The van der Waals surface area contributed by atoms with Crippen LogP contribution >= 0.6 is 0 Å². The van der Waals surface area contributed by atoms with Crippen molar-refractivity contribution in [3.8, 4) is 0 Å². The Morgan fingerprint density at radius 1 is 0.900 bits per heavy atom. The molecule has 0 aromatic carbocycles. The molecule has 0 bridgehead atoms. The highest BCUT2D eigenvalue weighted by atomic mass is 16.6. The number of aliphatic carboxylic acids is 1. The molecule has 2 saturated carbocycles. The van der Waals surface area contributed by atoms with Gasteiger partial charge in [-0.25, -0.2) is 9.59 Å². The molecule has 0 radical (unpaired) electrons. The van der Waals surface area contributed by atoms with Crippen LogP contribution in [-0.2, 0) is 9.53 Å². The second-order valence-corrected chi connectivity index (χ2v) is 10.3. The summed E-state index contributed by atoms with van der Waals surface area (Å²) in [6.07, 6.45) is 15.0. The first-order chi connectivity index (χ1) is 14.1. The molecule has 30 heavy (non-hydrogen) atoms. The number of alkyl carbamates (subject to hydrolysis) is 1. The summed E-state index contributed by atoms with van der Waals surface area (Å²) >= 11 is 0. The van der Waals surface area contributed by atoms with Crippen molar-refractivity contribution < 1.29 is 19.4 Å². The monoisotopic (exact) mass is 426 g/mol. The molecular formula is C24H46N2O4. The van der Waals surface area contributed by atoms with E-state index in [1.54, 1.807) is 20.8 Å². The molecule has 0 spiro atoms. The SMILES string of the molecule is C1CCC(NC2CCCCC2)CC1.CC(C)CCC(NC(=O)OC(C)(C)C)C(=O)O. The number of rotatable bonds is 7. The Hall–Kier alpha value is -1.30. The fourth-order valence-corrected chi connectivity index (χ4v) is 4.08. The molecule has 0 saturated heterocycles. The van der Waals surface area contributed by atoms with Crippen molar-refractivity contribution >= 4 is 12.1 Å². The van der Waals surface area contributed by atoms with Gasteiger partial charge < -0.3 is 20.5 Å². The lowest BCUT2D eigenvalue weighted by atomic mass is 9.91. The lowest BCUT2D eigenvalue weighted by molar-refractivity contribution is -0.139. The third kappa shape index (κ3) is 13.1. The van der Waals surface area contributed by atoms with E-state index in [2.05, 4.69) is 10.6 Å². The maximum Gasteiger partial charge on any atom is 0.408 e. The van der Waals surface area contributed by atoms with E-state index in [1.165, 1.54) is 64.2 Å². The molecule has 2 aliphatic carbocycles. The number of ether oxygens (including phenoxy) is 1. The van der Waals surface area contributed by atoms with Crippen molar-refractivity contribution in [1.29, 1.82) is 0 Å². The van der Waals surface area contributed by atoms with Crippen molar-refractivity contribution in [1.82, 2.24) is 10.6 Å². The zero-order valence-electron chi connectivity index (χ0n) is 20.0. The fraction of sp³-hybridized carbons (Fsp3) is 0.917. The maximum absolute atomic E-state index is 11.4. The molecule has 6 nitrogen and oxygen atoms in total. The summed E-state index contributed by atoms with van der Waals surface area (Å²) in [6.45, 7) is 9.21. The minimum Gasteiger partial charge on any atom is -0.480 e. The van der Waals surface area contributed by atoms with Crippen LogP contribution in [0.3, 0.4) is 0 Å². The summed E-state index contributed by atoms with van der Waals surface area (Å²) in [5.74, 6) is -0.631. The third-order valence-corrected chi connectivity index (χ3v) is 5.70. The van der Waals surface area contributed by atoms with Crippen LogP contribution in [0.5, 0.6) is 0 Å². The number of carbonyl (C=O) groups excluding carboxylic acids is 1. The van der Waals surface area contributed by atoms with Gasteiger partial charge in [0.25, 0.3) is 0 Å². The van der Waals surface area contributed by atoms with Gasteiger partial charge in [-0.1, -0.05) is 52.4 Å². The van der Waals surface area contributed by atoms with Gasteiger partial charge in [-0.05, 0) is 65.2 Å². The number of carbonyl (C=O) groups is 2. The van der Waals surface area contributed by atoms with Gasteiger partial charge in [0.05, 0.1) is 0 Å². The van der Waals surface area contributed by atoms with E-state index in [0.29, 0.717) is 12.3 Å². The summed E-state index contributed by atoms with van der Waals surface area (Å²) in [4.78, 5) is 22.4. The highest BCUT2D eigenvalue weighted by molar-refractivity contribution is 5.79. The largest absolute Gasteiger partial charge is 0.480 e. The van der Waals surface area contributed by atoms with E-state index in [9.17, 15) is 9.59 Å². The van der Waals surface area contributed by atoms with Gasteiger partial charge in [0.2, 0.25) is 0 Å². The van der Waals surface area contributed by atoms with E-state index >= 15 is 0 Å². The summed E-state index contributed by atoms with van der Waals surface area (Å²) in [5, 5.41) is 15.2. The molecule has 0 aromatic rings. The summed E-state index contributed by atoms with van der Waals surface area (Å²) < 4.78 is 5.01. The summed E-state index contributed by atoms with van der Waals surface area (Å²) in [5.41, 5.74) is -0.620. The van der Waals surface area contributed by atoms with Crippen molar-refractivity contribution in [3.05, 3.63) is 0 Å². The molecule has 0 aromatic heterocycles. The van der Waals surface area contributed by atoms with Gasteiger partial charge >= 0.3 is 12.1 Å². The Morgan fingerprint density at radius 2 is 1.37 bits per heavy atom. The first-order valence-electron chi connectivity index (χ1n) is 12.0. The second-order valence-electron chi connectivity index (χ2n) is 10.3. The van der Waals surface area contributed by atoms with E-state index in [-0.39, 0.29) is 0 Å². The molecule has 6 heteroatoms. The second kappa shape index (κ2) is 13.9. The van der Waals surface area contributed by atoms with Crippen LogP contribution in [0.2, 0.25) is 0 Å². The first kappa shape index (κ1) is 26.7. The normalized spacial score (nSPS) is 19.5. The van der Waals surface area contributed by atoms with Crippen LogP contribution in [0.15, 0.2) is 0 Å². The van der Waals surface area contributed by atoms with Gasteiger partial charge in [0.15, 0.2) is 0 Å². The molecule has 1 unspecified atom stereocenters. The Balaban J connectivity index is 0.000000308. The molecule has 2 rings (SSSR count). The number of carboxylic acid groups (broad SMARTS) is 1. The van der Waals surface area contributed by atoms with Crippen molar-refractivity contribution in [2.45, 2.75) is 135 Å². The Kier molecular flexibility index (Phi) is 12.4. The van der Waals surface area contributed by atoms with Gasteiger partial charge in [0.1, 0.15) is 11.6 Å². The molecule has 1 amide bonds. The van der Waals surface area contributed by atoms with Gasteiger partial charge in [-0.3, -0.25) is 0 Å². The molecule has 3 N–H and O–H groups in total. The van der Waals surface area contributed by atoms with E-state index in [0.717, 1.165) is 18.5 Å². The molecule has 2 aliphatic rings. The van der Waals surface area contributed by atoms with Crippen molar-refractivity contribution in [2.75, 3.05) is 0 Å². The standard InChI is InChI=1S/C12H23NO4.C12H23N/c1-8(2)6-7-9(10(14)15)13-11(16)17-12(3,4)5;1-3-7-11(8-4-1)13-12-9-5-2-6-10-12/h8-9H,6-7H2,1-5H3,(H,13,16)(H,14,15);11-13H,1-10H2. The third-order valence-electron chi connectivity index (χ3n) is 5.70. The smallest absolute Gasteiger partial charge is 0.408 e. The molecular weight excluding hydrogens is 380 g/mol. The molecule has 2 fully saturated rings. The van der Waals surface area contributed by atoms with Gasteiger partial charge in [-0.2, -0.15) is 0 Å². The van der Waals surface area contributed by atoms with Crippen LogP contribution in [0.25, 0.3) is 0 Å². The van der Waals surface area contributed by atoms with Crippen molar-refractivity contribution in [2.24, 2.45) is 5.92 Å². The zero-order valence-corrected chi connectivity index (χ0v) is 20.0. The van der Waals surface area contributed by atoms with Crippen LogP contribution in [0.1, 0.15) is 112 Å². The maximum atomic E-state index is 11.4. The minimum atomic E-state index is -1.03. The van der Waals surface area contributed by atoms with Gasteiger partial charge in [0, 0.05) is 12.1 Å². The van der Waals surface area contributed by atoms with Crippen LogP contribution in [0.4, 0.5) is 4.79 Å². The zero-order chi connectivity index (χ0) is 22.6. The molecule has 0 heterocycles. The summed E-state index contributed by atoms with van der Waals surface area (Å²) in [6, 6.07) is 0.862. The van der Waals surface area contributed by atoms with Crippen LogP contribution in [0, 0.1) is 5.92 Å². The quantitative estimate of drug-likeness (QED) is 0.490. The molecule has 0 aliphatic heterocycles. The highest BCUT2D eigenvalue weighted by Crippen LogP contribution is 2.22. The summed E-state index contributed by atoms with van der Waals surface area (Å²) in [7, 11) is 0. The first-order valence-corrected chi connectivity index (χ1v) is 12.0. The highest BCUT2D eigenvalue weighted by Gasteiger charge is 2.24. The van der Waals surface area contributed by atoms with E-state index in [4.69, 9.17) is 9.84 Å². The predicted octanol–water partition coefficient (Wildman–Crippen LogP) is 5.64. The number of hydrogen-bond acceptors (Lipinski definition) is 4. The average molecular weight is 427 g/mol. The molecule has 176 valence electrons. The van der Waals surface area contributed by atoms with Crippen LogP contribution in [-0.4, -0.2) is 40.9 Å². The number of amides is 1. The average Bonchev–Trinajstić information content (AvgIpc) is 2.65. The number of nitrogens with one attached hydrogen (secondary N) is 2.